The molecule has 0 spiro atoms. The predicted molar refractivity (Wildman–Crippen MR) is 69.1 cm³/mol. The Morgan fingerprint density at radius 2 is 1.94 bits per heavy atom. The molecule has 1 fully saturated rings. The van der Waals surface area contributed by atoms with Crippen molar-refractivity contribution in [2.45, 2.75) is 45.6 Å². The van der Waals surface area contributed by atoms with Crippen LogP contribution in [-0.4, -0.2) is 12.1 Å². The SMILES string of the molecule is Cc1ccc(C(=O)OOC2CCCC(C)C2)cc1. The fourth-order valence-electron chi connectivity index (χ4n) is 2.32. The van der Waals surface area contributed by atoms with Crippen molar-refractivity contribution in [3.05, 3.63) is 35.4 Å². The Bertz CT molecular complexity index is 397. The normalized spacial score (nSPS) is 23.7. The van der Waals surface area contributed by atoms with Gasteiger partial charge in [0.15, 0.2) is 0 Å². The zero-order valence-electron chi connectivity index (χ0n) is 11.0. The molecule has 1 aliphatic carbocycles. The minimum atomic E-state index is -0.409. The molecule has 0 aliphatic heterocycles. The van der Waals surface area contributed by atoms with Crippen molar-refractivity contribution in [2.75, 3.05) is 0 Å². The first kappa shape index (κ1) is 13.1. The maximum Gasteiger partial charge on any atom is 0.373 e. The van der Waals surface area contributed by atoms with Gasteiger partial charge < -0.3 is 0 Å². The lowest BCUT2D eigenvalue weighted by Crippen LogP contribution is -2.23. The summed E-state index contributed by atoms with van der Waals surface area (Å²) in [5.41, 5.74) is 1.65. The summed E-state index contributed by atoms with van der Waals surface area (Å²) in [5, 5.41) is 0. The van der Waals surface area contributed by atoms with E-state index in [0.29, 0.717) is 11.5 Å². The maximum absolute atomic E-state index is 11.7. The first-order chi connectivity index (χ1) is 8.65. The molecular weight excluding hydrogens is 228 g/mol. The highest BCUT2D eigenvalue weighted by Crippen LogP contribution is 2.26. The van der Waals surface area contributed by atoms with E-state index in [2.05, 4.69) is 6.92 Å². The lowest BCUT2D eigenvalue weighted by Gasteiger charge is -2.24. The van der Waals surface area contributed by atoms with Gasteiger partial charge in [-0.25, -0.2) is 4.79 Å². The Morgan fingerprint density at radius 1 is 1.22 bits per heavy atom. The van der Waals surface area contributed by atoms with Gasteiger partial charge in [0, 0.05) is 0 Å². The molecule has 1 saturated carbocycles. The van der Waals surface area contributed by atoms with Crippen LogP contribution in [-0.2, 0) is 9.78 Å². The van der Waals surface area contributed by atoms with Crippen molar-refractivity contribution < 1.29 is 14.6 Å². The van der Waals surface area contributed by atoms with E-state index in [1.54, 1.807) is 12.1 Å². The highest BCUT2D eigenvalue weighted by Gasteiger charge is 2.21. The van der Waals surface area contributed by atoms with E-state index in [4.69, 9.17) is 9.78 Å². The number of carbonyl (C=O) groups excluding carboxylic acids is 1. The van der Waals surface area contributed by atoms with E-state index in [-0.39, 0.29) is 6.10 Å². The highest BCUT2D eigenvalue weighted by molar-refractivity contribution is 5.88. The fourth-order valence-corrected chi connectivity index (χ4v) is 2.32. The molecule has 98 valence electrons. The van der Waals surface area contributed by atoms with Crippen molar-refractivity contribution in [1.29, 1.82) is 0 Å². The minimum Gasteiger partial charge on any atom is -0.293 e. The third-order valence-corrected chi connectivity index (χ3v) is 3.44. The van der Waals surface area contributed by atoms with Crippen molar-refractivity contribution in [1.82, 2.24) is 0 Å². The molecule has 0 saturated heterocycles. The van der Waals surface area contributed by atoms with Gasteiger partial charge in [0.25, 0.3) is 0 Å². The molecule has 2 rings (SSSR count). The lowest BCUT2D eigenvalue weighted by atomic mass is 9.89. The summed E-state index contributed by atoms with van der Waals surface area (Å²) in [4.78, 5) is 21.9. The minimum absolute atomic E-state index is 0.0585. The predicted octanol–water partition coefficient (Wildman–Crippen LogP) is 3.66. The summed E-state index contributed by atoms with van der Waals surface area (Å²) >= 11 is 0. The Hall–Kier alpha value is -1.35. The average molecular weight is 248 g/mol. The van der Waals surface area contributed by atoms with E-state index in [1.807, 2.05) is 19.1 Å². The van der Waals surface area contributed by atoms with Crippen LogP contribution in [0.1, 0.15) is 48.5 Å². The van der Waals surface area contributed by atoms with E-state index in [0.717, 1.165) is 24.8 Å². The Labute approximate surface area is 108 Å². The molecule has 1 aromatic carbocycles. The summed E-state index contributed by atoms with van der Waals surface area (Å²) < 4.78 is 0. The quantitative estimate of drug-likeness (QED) is 0.605. The van der Waals surface area contributed by atoms with Crippen LogP contribution in [0.2, 0.25) is 0 Å². The topological polar surface area (TPSA) is 35.5 Å². The Morgan fingerprint density at radius 3 is 2.61 bits per heavy atom. The summed E-state index contributed by atoms with van der Waals surface area (Å²) in [6.45, 7) is 4.19. The van der Waals surface area contributed by atoms with Gasteiger partial charge in [0.1, 0.15) is 6.10 Å². The van der Waals surface area contributed by atoms with Crippen LogP contribution in [0.5, 0.6) is 0 Å². The molecule has 0 aromatic heterocycles. The monoisotopic (exact) mass is 248 g/mol. The molecule has 3 heteroatoms. The van der Waals surface area contributed by atoms with Gasteiger partial charge in [-0.05, 0) is 37.8 Å². The number of benzene rings is 1. The first-order valence-electron chi connectivity index (χ1n) is 6.59. The molecule has 2 unspecified atom stereocenters. The molecular formula is C15H20O3. The first-order valence-corrected chi connectivity index (χ1v) is 6.59. The van der Waals surface area contributed by atoms with Crippen LogP contribution < -0.4 is 0 Å². The lowest BCUT2D eigenvalue weighted by molar-refractivity contribution is -0.281. The fraction of sp³-hybridized carbons (Fsp3) is 0.533. The second-order valence-corrected chi connectivity index (χ2v) is 5.23. The van der Waals surface area contributed by atoms with Crippen molar-refractivity contribution in [3.8, 4) is 0 Å². The number of hydrogen-bond donors (Lipinski definition) is 0. The van der Waals surface area contributed by atoms with Crippen LogP contribution >= 0.6 is 0 Å². The average Bonchev–Trinajstić information content (AvgIpc) is 2.37. The van der Waals surface area contributed by atoms with E-state index >= 15 is 0 Å². The van der Waals surface area contributed by atoms with Gasteiger partial charge in [0.05, 0.1) is 5.56 Å². The maximum atomic E-state index is 11.7. The Balaban J connectivity index is 1.82. The zero-order chi connectivity index (χ0) is 13.0. The van der Waals surface area contributed by atoms with Crippen LogP contribution in [0.4, 0.5) is 0 Å². The van der Waals surface area contributed by atoms with Crippen molar-refractivity contribution >= 4 is 5.97 Å². The third kappa shape index (κ3) is 3.57. The third-order valence-electron chi connectivity index (χ3n) is 3.44. The van der Waals surface area contributed by atoms with Gasteiger partial charge in [-0.3, -0.25) is 4.89 Å². The zero-order valence-corrected chi connectivity index (χ0v) is 11.0. The largest absolute Gasteiger partial charge is 0.373 e. The molecule has 0 N–H and O–H groups in total. The Kier molecular flexibility index (Phi) is 4.37. The molecule has 18 heavy (non-hydrogen) atoms. The van der Waals surface area contributed by atoms with E-state index in [1.165, 1.54) is 6.42 Å². The second-order valence-electron chi connectivity index (χ2n) is 5.23. The second kappa shape index (κ2) is 6.01. The van der Waals surface area contributed by atoms with Gasteiger partial charge in [-0.1, -0.05) is 37.5 Å². The summed E-state index contributed by atoms with van der Waals surface area (Å²) in [6.07, 6.45) is 4.40. The number of aryl methyl sites for hydroxylation is 1. The molecule has 0 amide bonds. The standard InChI is InChI=1S/C15H20O3/c1-11-6-8-13(9-7-11)15(16)18-17-14-5-3-4-12(2)10-14/h6-9,12,14H,3-5,10H2,1-2H3. The van der Waals surface area contributed by atoms with Gasteiger partial charge in [0.2, 0.25) is 0 Å². The summed E-state index contributed by atoms with van der Waals surface area (Å²) in [6, 6.07) is 7.29. The van der Waals surface area contributed by atoms with Gasteiger partial charge in [-0.2, -0.15) is 4.89 Å². The van der Waals surface area contributed by atoms with Crippen LogP contribution in [0.15, 0.2) is 24.3 Å². The van der Waals surface area contributed by atoms with Crippen LogP contribution in [0.3, 0.4) is 0 Å². The van der Waals surface area contributed by atoms with Gasteiger partial charge >= 0.3 is 5.97 Å². The highest BCUT2D eigenvalue weighted by atomic mass is 17.2. The number of rotatable bonds is 3. The van der Waals surface area contributed by atoms with E-state index < -0.39 is 5.97 Å². The molecule has 1 aliphatic rings. The molecule has 0 heterocycles. The van der Waals surface area contributed by atoms with Crippen LogP contribution in [0.25, 0.3) is 0 Å². The summed E-state index contributed by atoms with van der Waals surface area (Å²) in [7, 11) is 0. The molecule has 3 nitrogen and oxygen atoms in total. The van der Waals surface area contributed by atoms with E-state index in [9.17, 15) is 4.79 Å². The number of carbonyl (C=O) groups is 1. The molecule has 0 bridgehead atoms. The molecule has 2 atom stereocenters. The number of hydrogen-bond acceptors (Lipinski definition) is 3. The van der Waals surface area contributed by atoms with Crippen molar-refractivity contribution in [3.63, 3.8) is 0 Å². The summed E-state index contributed by atoms with van der Waals surface area (Å²) in [5.74, 6) is 0.245. The molecule has 1 aromatic rings. The van der Waals surface area contributed by atoms with Gasteiger partial charge in [-0.15, -0.1) is 0 Å². The van der Waals surface area contributed by atoms with Crippen LogP contribution in [0, 0.1) is 12.8 Å². The smallest absolute Gasteiger partial charge is 0.293 e. The van der Waals surface area contributed by atoms with Crippen molar-refractivity contribution in [2.24, 2.45) is 5.92 Å². The molecule has 0 radical (unpaired) electrons.